The third-order valence-corrected chi connectivity index (χ3v) is 7.01. The van der Waals surface area contributed by atoms with E-state index in [0.717, 1.165) is 43.9 Å². The summed E-state index contributed by atoms with van der Waals surface area (Å²) in [6.45, 7) is 2.29. The van der Waals surface area contributed by atoms with Crippen LogP contribution < -0.4 is 5.32 Å². The second-order valence-electron chi connectivity index (χ2n) is 7.20. The molecular weight excluding hydrogens is 403 g/mol. The number of benzene rings is 1. The SMILES string of the molecule is CC(OC(=O)c1cc(S(=O)(=O)N2CCOCC2)ccc1F)C(=O)NC1CCCC1. The average Bonchev–Trinajstić information content (AvgIpc) is 3.21. The number of amides is 1. The number of esters is 1. The van der Waals surface area contributed by atoms with Gasteiger partial charge < -0.3 is 14.8 Å². The quantitative estimate of drug-likeness (QED) is 0.688. The number of hydrogen-bond acceptors (Lipinski definition) is 6. The van der Waals surface area contributed by atoms with Gasteiger partial charge in [0.1, 0.15) is 5.82 Å². The fraction of sp³-hybridized carbons (Fsp3) is 0.579. The van der Waals surface area contributed by atoms with Crippen molar-refractivity contribution < 1.29 is 31.9 Å². The van der Waals surface area contributed by atoms with E-state index in [1.807, 2.05) is 0 Å². The number of halogens is 1. The lowest BCUT2D eigenvalue weighted by Crippen LogP contribution is -2.41. The monoisotopic (exact) mass is 428 g/mol. The summed E-state index contributed by atoms with van der Waals surface area (Å²) in [4.78, 5) is 24.4. The Bertz CT molecular complexity index is 863. The van der Waals surface area contributed by atoms with Crippen LogP contribution in [-0.2, 0) is 24.3 Å². The maximum absolute atomic E-state index is 14.2. The van der Waals surface area contributed by atoms with E-state index in [-0.39, 0.29) is 37.2 Å². The van der Waals surface area contributed by atoms with Crippen molar-refractivity contribution in [3.63, 3.8) is 0 Å². The second-order valence-corrected chi connectivity index (χ2v) is 9.13. The van der Waals surface area contributed by atoms with E-state index in [1.54, 1.807) is 0 Å². The number of carbonyl (C=O) groups excluding carboxylic acids is 2. The third-order valence-electron chi connectivity index (χ3n) is 5.12. The molecule has 0 radical (unpaired) electrons. The van der Waals surface area contributed by atoms with Gasteiger partial charge in [0.25, 0.3) is 5.91 Å². The summed E-state index contributed by atoms with van der Waals surface area (Å²) in [5, 5.41) is 2.80. The Morgan fingerprint density at radius 3 is 2.55 bits per heavy atom. The van der Waals surface area contributed by atoms with Crippen molar-refractivity contribution in [2.45, 2.75) is 49.6 Å². The highest BCUT2D eigenvalue weighted by Gasteiger charge is 2.29. The Balaban J connectivity index is 1.71. The highest BCUT2D eigenvalue weighted by atomic mass is 32.2. The van der Waals surface area contributed by atoms with Crippen LogP contribution in [0.1, 0.15) is 43.0 Å². The molecule has 1 aliphatic heterocycles. The lowest BCUT2D eigenvalue weighted by atomic mass is 10.2. The van der Waals surface area contributed by atoms with E-state index in [9.17, 15) is 22.4 Å². The molecule has 1 unspecified atom stereocenters. The van der Waals surface area contributed by atoms with E-state index in [0.29, 0.717) is 0 Å². The zero-order valence-corrected chi connectivity index (χ0v) is 17.0. The number of nitrogens with zero attached hydrogens (tertiary/aromatic N) is 1. The van der Waals surface area contributed by atoms with Gasteiger partial charge in [-0.3, -0.25) is 4.79 Å². The van der Waals surface area contributed by atoms with Gasteiger partial charge in [-0.15, -0.1) is 0 Å². The number of hydrogen-bond donors (Lipinski definition) is 1. The van der Waals surface area contributed by atoms with E-state index in [1.165, 1.54) is 11.2 Å². The molecule has 1 aromatic carbocycles. The highest BCUT2D eigenvalue weighted by molar-refractivity contribution is 7.89. The first-order valence-electron chi connectivity index (χ1n) is 9.68. The normalized spacial score (nSPS) is 19.7. The van der Waals surface area contributed by atoms with E-state index in [2.05, 4.69) is 5.32 Å². The average molecular weight is 428 g/mol. The van der Waals surface area contributed by atoms with Crippen LogP contribution in [0.4, 0.5) is 4.39 Å². The Kier molecular flexibility index (Phi) is 6.86. The molecule has 3 rings (SSSR count). The Labute approximate surface area is 169 Å². The summed E-state index contributed by atoms with van der Waals surface area (Å²) < 4.78 is 51.1. The first-order valence-corrected chi connectivity index (χ1v) is 11.1. The van der Waals surface area contributed by atoms with Crippen LogP contribution in [0, 0.1) is 5.82 Å². The summed E-state index contributed by atoms with van der Waals surface area (Å²) in [6.07, 6.45) is 2.70. The van der Waals surface area contributed by atoms with Crippen LogP contribution in [0.25, 0.3) is 0 Å². The van der Waals surface area contributed by atoms with Crippen LogP contribution in [0.3, 0.4) is 0 Å². The van der Waals surface area contributed by atoms with Gasteiger partial charge >= 0.3 is 5.97 Å². The molecule has 1 saturated heterocycles. The topological polar surface area (TPSA) is 102 Å². The van der Waals surface area contributed by atoms with Crippen molar-refractivity contribution in [1.82, 2.24) is 9.62 Å². The molecule has 0 bridgehead atoms. The molecule has 160 valence electrons. The Hall–Kier alpha value is -2.04. The number of morpholine rings is 1. The molecule has 0 spiro atoms. The fourth-order valence-corrected chi connectivity index (χ4v) is 4.86. The van der Waals surface area contributed by atoms with Gasteiger partial charge in [-0.1, -0.05) is 12.8 Å². The predicted molar refractivity (Wildman–Crippen MR) is 101 cm³/mol. The molecule has 8 nitrogen and oxygen atoms in total. The van der Waals surface area contributed by atoms with Crippen molar-refractivity contribution in [3.8, 4) is 0 Å². The summed E-state index contributed by atoms with van der Waals surface area (Å²) in [5.74, 6) is -2.46. The molecule has 1 amide bonds. The third kappa shape index (κ3) is 5.12. The molecular formula is C19H25FN2O6S. The molecule has 10 heteroatoms. The van der Waals surface area contributed by atoms with Crippen molar-refractivity contribution in [2.75, 3.05) is 26.3 Å². The predicted octanol–water partition coefficient (Wildman–Crippen LogP) is 1.45. The van der Waals surface area contributed by atoms with Crippen LogP contribution in [0.15, 0.2) is 23.1 Å². The number of nitrogens with one attached hydrogen (secondary N) is 1. The fourth-order valence-electron chi connectivity index (χ4n) is 3.42. The summed E-state index contributed by atoms with van der Waals surface area (Å²) in [5.41, 5.74) is -0.528. The zero-order valence-electron chi connectivity index (χ0n) is 16.2. The number of carbonyl (C=O) groups is 2. The number of rotatable bonds is 6. The lowest BCUT2D eigenvalue weighted by Gasteiger charge is -2.26. The molecule has 1 aliphatic carbocycles. The smallest absolute Gasteiger partial charge is 0.341 e. The minimum absolute atomic E-state index is 0.0578. The number of ether oxygens (including phenoxy) is 2. The van der Waals surface area contributed by atoms with Crippen LogP contribution in [0.2, 0.25) is 0 Å². The standard InChI is InChI=1S/C19H25FN2O6S/c1-13(18(23)21-14-4-2-3-5-14)28-19(24)16-12-15(6-7-17(16)20)29(25,26)22-8-10-27-11-9-22/h6-7,12-14H,2-5,8-11H2,1H3,(H,21,23). The van der Waals surface area contributed by atoms with Gasteiger partial charge in [-0.25, -0.2) is 17.6 Å². The zero-order chi connectivity index (χ0) is 21.0. The van der Waals surface area contributed by atoms with E-state index < -0.39 is 39.4 Å². The minimum Gasteiger partial charge on any atom is -0.449 e. The van der Waals surface area contributed by atoms with Crippen molar-refractivity contribution in [3.05, 3.63) is 29.6 Å². The number of sulfonamides is 1. The molecule has 1 heterocycles. The van der Waals surface area contributed by atoms with Gasteiger partial charge in [-0.2, -0.15) is 4.31 Å². The van der Waals surface area contributed by atoms with Gasteiger partial charge in [0, 0.05) is 19.1 Å². The first-order chi connectivity index (χ1) is 13.8. The van der Waals surface area contributed by atoms with Crippen LogP contribution in [-0.4, -0.2) is 63.0 Å². The molecule has 2 aliphatic rings. The molecule has 1 N–H and O–H groups in total. The maximum atomic E-state index is 14.2. The van der Waals surface area contributed by atoms with Crippen molar-refractivity contribution >= 4 is 21.9 Å². The summed E-state index contributed by atoms with van der Waals surface area (Å²) >= 11 is 0. The molecule has 0 aromatic heterocycles. The molecule has 2 fully saturated rings. The van der Waals surface area contributed by atoms with Crippen LogP contribution >= 0.6 is 0 Å². The van der Waals surface area contributed by atoms with Gasteiger partial charge in [0.15, 0.2) is 6.10 Å². The Morgan fingerprint density at radius 2 is 1.90 bits per heavy atom. The molecule has 1 atom stereocenters. The van der Waals surface area contributed by atoms with Gasteiger partial charge in [0.2, 0.25) is 10.0 Å². The van der Waals surface area contributed by atoms with Gasteiger partial charge in [-0.05, 0) is 38.0 Å². The largest absolute Gasteiger partial charge is 0.449 e. The maximum Gasteiger partial charge on any atom is 0.341 e. The lowest BCUT2D eigenvalue weighted by molar-refractivity contribution is -0.129. The van der Waals surface area contributed by atoms with Crippen LogP contribution in [0.5, 0.6) is 0 Å². The van der Waals surface area contributed by atoms with Crippen molar-refractivity contribution in [1.29, 1.82) is 0 Å². The van der Waals surface area contributed by atoms with E-state index >= 15 is 0 Å². The van der Waals surface area contributed by atoms with Gasteiger partial charge in [0.05, 0.1) is 23.7 Å². The molecule has 1 saturated carbocycles. The minimum atomic E-state index is -3.90. The summed E-state index contributed by atoms with van der Waals surface area (Å²) in [7, 11) is -3.90. The van der Waals surface area contributed by atoms with E-state index in [4.69, 9.17) is 9.47 Å². The summed E-state index contributed by atoms with van der Waals surface area (Å²) in [6, 6.07) is 3.02. The van der Waals surface area contributed by atoms with Crippen molar-refractivity contribution in [2.24, 2.45) is 0 Å². The molecule has 1 aromatic rings. The molecule has 29 heavy (non-hydrogen) atoms. The first kappa shape index (κ1) is 21.7. The highest BCUT2D eigenvalue weighted by Crippen LogP contribution is 2.22. The second kappa shape index (κ2) is 9.19. The Morgan fingerprint density at radius 1 is 1.24 bits per heavy atom.